The molecule has 0 saturated heterocycles. The van der Waals surface area contributed by atoms with Crippen LogP contribution in [0.4, 0.5) is 4.39 Å². The maximum absolute atomic E-state index is 13.1. The van der Waals surface area contributed by atoms with E-state index in [4.69, 9.17) is 0 Å². The summed E-state index contributed by atoms with van der Waals surface area (Å²) in [5.41, 5.74) is 1.39. The Morgan fingerprint density at radius 1 is 1.25 bits per heavy atom. The molecule has 6 heteroatoms. The van der Waals surface area contributed by atoms with E-state index in [0.29, 0.717) is 18.4 Å². The molecule has 4 nitrogen and oxygen atoms in total. The highest BCUT2D eigenvalue weighted by Crippen LogP contribution is 2.22. The van der Waals surface area contributed by atoms with Crippen molar-refractivity contribution >= 4 is 27.5 Å². The molecule has 0 aliphatic heterocycles. The molecule has 0 bridgehead atoms. The van der Waals surface area contributed by atoms with Gasteiger partial charge >= 0.3 is 0 Å². The molecule has 1 heterocycles. The minimum atomic E-state index is -0.924. The lowest BCUT2D eigenvalue weighted by Gasteiger charge is -2.12. The number of thiazole rings is 1. The summed E-state index contributed by atoms with van der Waals surface area (Å²) >= 11 is 1.58. The number of aryl methyl sites for hydroxylation is 1. The van der Waals surface area contributed by atoms with Gasteiger partial charge in [-0.3, -0.25) is 4.79 Å². The number of nitrogens with zero attached hydrogens (tertiary/aromatic N) is 1. The molecule has 0 spiro atoms. The lowest BCUT2D eigenvalue weighted by Crippen LogP contribution is -2.28. The Balaban J connectivity index is 1.48. The van der Waals surface area contributed by atoms with Crippen LogP contribution in [-0.4, -0.2) is 22.5 Å². The van der Waals surface area contributed by atoms with E-state index in [2.05, 4.69) is 10.3 Å². The zero-order chi connectivity index (χ0) is 16.9. The van der Waals surface area contributed by atoms with E-state index in [1.54, 1.807) is 17.4 Å². The second-order valence-corrected chi connectivity index (χ2v) is 6.57. The van der Waals surface area contributed by atoms with Gasteiger partial charge in [0.1, 0.15) is 5.82 Å². The Hall–Kier alpha value is -2.31. The Labute approximate surface area is 143 Å². The Morgan fingerprint density at radius 2 is 2.08 bits per heavy atom. The van der Waals surface area contributed by atoms with Crippen molar-refractivity contribution in [3.63, 3.8) is 0 Å². The van der Waals surface area contributed by atoms with Gasteiger partial charge in [-0.15, -0.1) is 11.3 Å². The number of halogens is 1. The molecule has 1 aromatic heterocycles. The molecule has 3 rings (SSSR count). The number of aromatic nitrogens is 1. The van der Waals surface area contributed by atoms with Crippen LogP contribution in [0.25, 0.3) is 10.2 Å². The van der Waals surface area contributed by atoms with Crippen LogP contribution >= 0.6 is 11.3 Å². The fraction of sp³-hybridized carbons (Fsp3) is 0.222. The largest absolute Gasteiger partial charge is 0.387 e. The first-order valence-electron chi connectivity index (χ1n) is 7.66. The second-order valence-electron chi connectivity index (χ2n) is 5.45. The fourth-order valence-corrected chi connectivity index (χ4v) is 3.34. The molecule has 24 heavy (non-hydrogen) atoms. The lowest BCUT2D eigenvalue weighted by molar-refractivity contribution is -0.121. The standard InChI is InChI=1S/C18H17FN2O2S/c19-13-5-3-4-12(10-13)15(22)11-20-17(23)8-9-18-21-14-6-1-2-7-16(14)24-18/h1-7,10,15,22H,8-9,11H2,(H,20,23). The van der Waals surface area contributed by atoms with Crippen LogP contribution in [0.15, 0.2) is 48.5 Å². The third-order valence-electron chi connectivity index (χ3n) is 3.63. The maximum Gasteiger partial charge on any atom is 0.220 e. The highest BCUT2D eigenvalue weighted by atomic mass is 32.1. The predicted molar refractivity (Wildman–Crippen MR) is 92.3 cm³/mol. The fourth-order valence-electron chi connectivity index (χ4n) is 2.38. The van der Waals surface area contributed by atoms with Crippen molar-refractivity contribution in [3.8, 4) is 0 Å². The number of carbonyl (C=O) groups is 1. The highest BCUT2D eigenvalue weighted by molar-refractivity contribution is 7.18. The van der Waals surface area contributed by atoms with Crippen LogP contribution in [0.1, 0.15) is 23.1 Å². The van der Waals surface area contributed by atoms with E-state index in [9.17, 15) is 14.3 Å². The first kappa shape index (κ1) is 16.5. The number of aliphatic hydroxyl groups is 1. The molecular formula is C18H17FN2O2S. The van der Waals surface area contributed by atoms with Gasteiger partial charge in [-0.05, 0) is 29.8 Å². The molecule has 124 valence electrons. The van der Waals surface area contributed by atoms with Crippen LogP contribution < -0.4 is 5.32 Å². The average molecular weight is 344 g/mol. The van der Waals surface area contributed by atoms with E-state index in [-0.39, 0.29) is 12.5 Å². The Morgan fingerprint density at radius 3 is 2.88 bits per heavy atom. The molecule has 1 amide bonds. The molecule has 0 aliphatic carbocycles. The van der Waals surface area contributed by atoms with Gasteiger partial charge in [0.15, 0.2) is 0 Å². The average Bonchev–Trinajstić information content (AvgIpc) is 3.00. The van der Waals surface area contributed by atoms with Gasteiger partial charge in [-0.2, -0.15) is 0 Å². The minimum absolute atomic E-state index is 0.0577. The van der Waals surface area contributed by atoms with Gasteiger partial charge in [-0.25, -0.2) is 9.37 Å². The second kappa shape index (κ2) is 7.51. The normalized spacial score (nSPS) is 12.2. The van der Waals surface area contributed by atoms with Crippen molar-refractivity contribution in [2.75, 3.05) is 6.54 Å². The lowest BCUT2D eigenvalue weighted by atomic mass is 10.1. The van der Waals surface area contributed by atoms with Crippen molar-refractivity contribution in [2.45, 2.75) is 18.9 Å². The van der Waals surface area contributed by atoms with Crippen molar-refractivity contribution in [1.82, 2.24) is 10.3 Å². The molecule has 2 aromatic carbocycles. The van der Waals surface area contributed by atoms with Gasteiger partial charge in [0.25, 0.3) is 0 Å². The number of nitrogens with one attached hydrogen (secondary N) is 1. The summed E-state index contributed by atoms with van der Waals surface area (Å²) in [6, 6.07) is 13.6. The third-order valence-corrected chi connectivity index (χ3v) is 4.73. The SMILES string of the molecule is O=C(CCc1nc2ccccc2s1)NCC(O)c1cccc(F)c1. The number of aliphatic hydroxyl groups excluding tert-OH is 1. The number of carbonyl (C=O) groups excluding carboxylic acids is 1. The molecule has 0 saturated carbocycles. The summed E-state index contributed by atoms with van der Waals surface area (Å²) in [5, 5.41) is 13.6. The number of rotatable bonds is 6. The van der Waals surface area contributed by atoms with E-state index in [1.807, 2.05) is 24.3 Å². The van der Waals surface area contributed by atoms with Crippen molar-refractivity contribution in [1.29, 1.82) is 0 Å². The van der Waals surface area contributed by atoms with Crippen molar-refractivity contribution in [3.05, 3.63) is 64.9 Å². The highest BCUT2D eigenvalue weighted by Gasteiger charge is 2.11. The summed E-state index contributed by atoms with van der Waals surface area (Å²) in [7, 11) is 0. The van der Waals surface area contributed by atoms with Crippen LogP contribution in [0.3, 0.4) is 0 Å². The number of hydrogen-bond donors (Lipinski definition) is 2. The molecule has 1 unspecified atom stereocenters. The maximum atomic E-state index is 13.1. The van der Waals surface area contributed by atoms with Gasteiger partial charge in [0.05, 0.1) is 21.3 Å². The minimum Gasteiger partial charge on any atom is -0.387 e. The van der Waals surface area contributed by atoms with Crippen molar-refractivity contribution < 1.29 is 14.3 Å². The molecular weight excluding hydrogens is 327 g/mol. The molecule has 1 atom stereocenters. The number of amides is 1. The van der Waals surface area contributed by atoms with Crippen molar-refractivity contribution in [2.24, 2.45) is 0 Å². The van der Waals surface area contributed by atoms with E-state index in [0.717, 1.165) is 15.2 Å². The van der Waals surface area contributed by atoms with Gasteiger partial charge < -0.3 is 10.4 Å². The Bertz CT molecular complexity index is 817. The zero-order valence-electron chi connectivity index (χ0n) is 12.9. The number of hydrogen-bond acceptors (Lipinski definition) is 4. The Kier molecular flexibility index (Phi) is 5.17. The molecule has 2 N–H and O–H groups in total. The summed E-state index contributed by atoms with van der Waals surface area (Å²) < 4.78 is 14.2. The quantitative estimate of drug-likeness (QED) is 0.722. The van der Waals surface area contributed by atoms with E-state index < -0.39 is 11.9 Å². The predicted octanol–water partition coefficient (Wildman–Crippen LogP) is 3.22. The van der Waals surface area contributed by atoms with E-state index >= 15 is 0 Å². The van der Waals surface area contributed by atoms with Crippen LogP contribution in [0.2, 0.25) is 0 Å². The number of fused-ring (bicyclic) bond motifs is 1. The van der Waals surface area contributed by atoms with Crippen LogP contribution in [0, 0.1) is 5.82 Å². The summed E-state index contributed by atoms with van der Waals surface area (Å²) in [6.45, 7) is 0.0577. The number of benzene rings is 2. The summed E-state index contributed by atoms with van der Waals surface area (Å²) in [4.78, 5) is 16.4. The smallest absolute Gasteiger partial charge is 0.220 e. The summed E-state index contributed by atoms with van der Waals surface area (Å²) in [6.07, 6.45) is -0.0659. The molecule has 0 fully saturated rings. The van der Waals surface area contributed by atoms with E-state index in [1.165, 1.54) is 18.2 Å². The van der Waals surface area contributed by atoms with Gasteiger partial charge in [-0.1, -0.05) is 24.3 Å². The monoisotopic (exact) mass is 344 g/mol. The first-order chi connectivity index (χ1) is 11.6. The van der Waals surface area contributed by atoms with Crippen LogP contribution in [0.5, 0.6) is 0 Å². The van der Waals surface area contributed by atoms with Gasteiger partial charge in [0, 0.05) is 19.4 Å². The molecule has 3 aromatic rings. The van der Waals surface area contributed by atoms with Gasteiger partial charge in [0.2, 0.25) is 5.91 Å². The molecule has 0 radical (unpaired) electrons. The topological polar surface area (TPSA) is 62.2 Å². The first-order valence-corrected chi connectivity index (χ1v) is 8.48. The number of para-hydroxylation sites is 1. The third kappa shape index (κ3) is 4.15. The molecule has 0 aliphatic rings. The van der Waals surface area contributed by atoms with Crippen LogP contribution in [-0.2, 0) is 11.2 Å². The summed E-state index contributed by atoms with van der Waals surface area (Å²) in [5.74, 6) is -0.571. The zero-order valence-corrected chi connectivity index (χ0v) is 13.7.